The third-order valence-electron chi connectivity index (χ3n) is 1.75. The molecule has 0 spiro atoms. The van der Waals surface area contributed by atoms with Crippen LogP contribution < -0.4 is 0 Å². The summed E-state index contributed by atoms with van der Waals surface area (Å²) in [5, 5.41) is 19.9. The van der Waals surface area contributed by atoms with E-state index in [4.69, 9.17) is 4.74 Å². The molecule has 1 rings (SSSR count). The lowest BCUT2D eigenvalue weighted by molar-refractivity contribution is -0.386. The molecule has 86 valence electrons. The Morgan fingerprint density at radius 2 is 2.25 bits per heavy atom. The maximum Gasteiger partial charge on any atom is 0.338 e. The molecule has 0 aliphatic carbocycles. The van der Waals surface area contributed by atoms with E-state index in [2.05, 4.69) is 15.9 Å². The average molecular weight is 290 g/mol. The second kappa shape index (κ2) is 4.93. The molecule has 1 aromatic carbocycles. The monoisotopic (exact) mass is 289 g/mol. The van der Waals surface area contributed by atoms with E-state index in [1.54, 1.807) is 6.92 Å². The van der Waals surface area contributed by atoms with Crippen molar-refractivity contribution in [3.05, 3.63) is 32.3 Å². The molecule has 1 aromatic rings. The van der Waals surface area contributed by atoms with Gasteiger partial charge in [0.15, 0.2) is 0 Å². The summed E-state index contributed by atoms with van der Waals surface area (Å²) in [6.07, 6.45) is 0. The first-order valence-electron chi connectivity index (χ1n) is 4.31. The minimum Gasteiger partial charge on any atom is -0.501 e. The number of benzene rings is 1. The van der Waals surface area contributed by atoms with Crippen LogP contribution in [0.2, 0.25) is 0 Å². The summed E-state index contributed by atoms with van der Waals surface area (Å²) in [6, 6.07) is 2.23. The molecule has 0 aromatic heterocycles. The fourth-order valence-corrected chi connectivity index (χ4v) is 1.51. The zero-order chi connectivity index (χ0) is 12.3. The highest BCUT2D eigenvalue weighted by Crippen LogP contribution is 2.35. The van der Waals surface area contributed by atoms with E-state index in [1.165, 1.54) is 6.07 Å². The Balaban J connectivity index is 3.24. The molecular formula is C9H8BrNO5. The minimum atomic E-state index is -0.775. The highest BCUT2D eigenvalue weighted by molar-refractivity contribution is 9.10. The highest BCUT2D eigenvalue weighted by atomic mass is 79.9. The molecule has 1 N–H and O–H groups in total. The molecule has 0 saturated heterocycles. The van der Waals surface area contributed by atoms with Crippen molar-refractivity contribution in [2.75, 3.05) is 6.61 Å². The maximum absolute atomic E-state index is 11.3. The number of esters is 1. The molecule has 0 fully saturated rings. The van der Waals surface area contributed by atoms with E-state index < -0.39 is 22.3 Å². The molecule has 6 nitrogen and oxygen atoms in total. The van der Waals surface area contributed by atoms with Gasteiger partial charge >= 0.3 is 11.7 Å². The number of carbonyl (C=O) groups excluding carboxylic acids is 1. The van der Waals surface area contributed by atoms with Crippen molar-refractivity contribution >= 4 is 27.6 Å². The number of aromatic hydroxyl groups is 1. The average Bonchev–Trinajstić information content (AvgIpc) is 2.21. The Labute approximate surface area is 99.1 Å². The summed E-state index contributed by atoms with van der Waals surface area (Å²) in [4.78, 5) is 21.1. The van der Waals surface area contributed by atoms with Gasteiger partial charge in [0.25, 0.3) is 0 Å². The minimum absolute atomic E-state index is 0.0122. The van der Waals surface area contributed by atoms with Gasteiger partial charge in [0.05, 0.1) is 21.6 Å². The van der Waals surface area contributed by atoms with Crippen LogP contribution in [0.4, 0.5) is 5.69 Å². The zero-order valence-corrected chi connectivity index (χ0v) is 9.85. The quantitative estimate of drug-likeness (QED) is 0.524. The molecule has 16 heavy (non-hydrogen) atoms. The third-order valence-corrected chi connectivity index (χ3v) is 2.36. The summed E-state index contributed by atoms with van der Waals surface area (Å²) in [7, 11) is 0. The van der Waals surface area contributed by atoms with E-state index in [0.717, 1.165) is 6.07 Å². The number of hydrogen-bond donors (Lipinski definition) is 1. The fraction of sp³-hybridized carbons (Fsp3) is 0.222. The van der Waals surface area contributed by atoms with Crippen molar-refractivity contribution in [1.29, 1.82) is 0 Å². The van der Waals surface area contributed by atoms with Crippen LogP contribution in [0.15, 0.2) is 16.6 Å². The number of nitrogens with zero attached hydrogens (tertiary/aromatic N) is 1. The molecule has 0 saturated carbocycles. The topological polar surface area (TPSA) is 89.7 Å². The first-order valence-corrected chi connectivity index (χ1v) is 5.10. The number of phenols is 1. The largest absolute Gasteiger partial charge is 0.501 e. The molecule has 7 heteroatoms. The van der Waals surface area contributed by atoms with Gasteiger partial charge in [-0.05, 0) is 28.9 Å². The lowest BCUT2D eigenvalue weighted by Gasteiger charge is -2.04. The van der Waals surface area contributed by atoms with Crippen molar-refractivity contribution in [3.63, 3.8) is 0 Å². The Morgan fingerprint density at radius 3 is 2.75 bits per heavy atom. The van der Waals surface area contributed by atoms with Crippen molar-refractivity contribution in [3.8, 4) is 5.75 Å². The molecule has 0 radical (unpaired) electrons. The van der Waals surface area contributed by atoms with Gasteiger partial charge in [0.1, 0.15) is 0 Å². The highest BCUT2D eigenvalue weighted by Gasteiger charge is 2.21. The van der Waals surface area contributed by atoms with Gasteiger partial charge in [0.2, 0.25) is 5.75 Å². The van der Waals surface area contributed by atoms with Crippen LogP contribution in [-0.4, -0.2) is 22.6 Å². The zero-order valence-electron chi connectivity index (χ0n) is 8.27. The van der Waals surface area contributed by atoms with Gasteiger partial charge in [-0.15, -0.1) is 0 Å². The number of halogens is 1. The number of hydrogen-bond acceptors (Lipinski definition) is 5. The number of ether oxygens (including phenoxy) is 1. The van der Waals surface area contributed by atoms with Crippen LogP contribution in [0.25, 0.3) is 0 Å². The Bertz CT molecular complexity index is 446. The summed E-state index contributed by atoms with van der Waals surface area (Å²) < 4.78 is 4.77. The van der Waals surface area contributed by atoms with Crippen LogP contribution in [-0.2, 0) is 4.74 Å². The van der Waals surface area contributed by atoms with Crippen LogP contribution in [0, 0.1) is 10.1 Å². The lowest BCUT2D eigenvalue weighted by Crippen LogP contribution is -2.05. The van der Waals surface area contributed by atoms with E-state index >= 15 is 0 Å². The molecule has 0 bridgehead atoms. The molecular weight excluding hydrogens is 282 g/mol. The van der Waals surface area contributed by atoms with Gasteiger partial charge in [-0.3, -0.25) is 10.1 Å². The second-order valence-corrected chi connectivity index (χ2v) is 3.66. The van der Waals surface area contributed by atoms with Crippen LogP contribution in [0.3, 0.4) is 0 Å². The fourth-order valence-electron chi connectivity index (χ4n) is 1.06. The van der Waals surface area contributed by atoms with Gasteiger partial charge < -0.3 is 9.84 Å². The Morgan fingerprint density at radius 1 is 1.62 bits per heavy atom. The number of carbonyl (C=O) groups is 1. The van der Waals surface area contributed by atoms with E-state index in [9.17, 15) is 20.0 Å². The van der Waals surface area contributed by atoms with Crippen molar-refractivity contribution in [2.24, 2.45) is 0 Å². The number of nitro groups is 1. The molecule has 0 amide bonds. The summed E-state index contributed by atoms with van der Waals surface area (Å²) in [6.45, 7) is 1.80. The predicted octanol–water partition coefficient (Wildman–Crippen LogP) is 2.24. The normalized spacial score (nSPS) is 9.88. The summed E-state index contributed by atoms with van der Waals surface area (Å²) in [5.74, 6) is -1.19. The van der Waals surface area contributed by atoms with Gasteiger partial charge in [-0.25, -0.2) is 4.79 Å². The molecule has 0 unspecified atom stereocenters. The lowest BCUT2D eigenvalue weighted by atomic mass is 10.2. The SMILES string of the molecule is CCOC(=O)c1cc(Br)c(O)c([N+](=O)[O-])c1. The molecule has 0 atom stereocenters. The smallest absolute Gasteiger partial charge is 0.338 e. The number of rotatable bonds is 3. The first-order chi connectivity index (χ1) is 7.47. The first kappa shape index (κ1) is 12.4. The predicted molar refractivity (Wildman–Crippen MR) is 58.4 cm³/mol. The molecule has 0 aliphatic heterocycles. The van der Waals surface area contributed by atoms with E-state index in [0.29, 0.717) is 0 Å². The Kier molecular flexibility index (Phi) is 3.83. The van der Waals surface area contributed by atoms with E-state index in [1.807, 2.05) is 0 Å². The van der Waals surface area contributed by atoms with Crippen molar-refractivity contribution < 1.29 is 19.6 Å². The van der Waals surface area contributed by atoms with Crippen LogP contribution in [0.5, 0.6) is 5.75 Å². The van der Waals surface area contributed by atoms with Crippen LogP contribution >= 0.6 is 15.9 Å². The third kappa shape index (κ3) is 2.48. The summed E-state index contributed by atoms with van der Waals surface area (Å²) >= 11 is 2.92. The van der Waals surface area contributed by atoms with Gasteiger partial charge in [0, 0.05) is 6.07 Å². The number of phenolic OH excluding ortho intramolecular Hbond substituents is 1. The van der Waals surface area contributed by atoms with E-state index in [-0.39, 0.29) is 16.6 Å². The maximum atomic E-state index is 11.3. The van der Waals surface area contributed by atoms with Gasteiger partial charge in [-0.1, -0.05) is 0 Å². The molecule has 0 aliphatic rings. The van der Waals surface area contributed by atoms with Gasteiger partial charge in [-0.2, -0.15) is 0 Å². The van der Waals surface area contributed by atoms with Crippen LogP contribution in [0.1, 0.15) is 17.3 Å². The number of nitro benzene ring substituents is 1. The standard InChI is InChI=1S/C9H8BrNO5/c1-2-16-9(13)5-3-6(10)8(12)7(4-5)11(14)15/h3-4,12H,2H2,1H3. The Hall–Kier alpha value is -1.63. The molecule has 0 heterocycles. The second-order valence-electron chi connectivity index (χ2n) is 2.80. The van der Waals surface area contributed by atoms with Crippen molar-refractivity contribution in [1.82, 2.24) is 0 Å². The summed E-state index contributed by atoms with van der Waals surface area (Å²) in [5.41, 5.74) is -0.532. The van der Waals surface area contributed by atoms with Crippen molar-refractivity contribution in [2.45, 2.75) is 6.92 Å².